The predicted octanol–water partition coefficient (Wildman–Crippen LogP) is 1.02. The van der Waals surface area contributed by atoms with Crippen molar-refractivity contribution in [2.24, 2.45) is 0 Å². The fourth-order valence-corrected chi connectivity index (χ4v) is 0.485. The van der Waals surface area contributed by atoms with E-state index in [1.807, 2.05) is 0 Å². The SMILES string of the molecule is CO[C@@H](C)CNC(C)C. The van der Waals surface area contributed by atoms with Crippen molar-refractivity contribution >= 4 is 0 Å². The zero-order valence-electron chi connectivity index (χ0n) is 6.77. The van der Waals surface area contributed by atoms with E-state index in [0.717, 1.165) is 6.54 Å². The first-order chi connectivity index (χ1) is 4.16. The molecule has 0 aliphatic rings. The van der Waals surface area contributed by atoms with Crippen LogP contribution in [0.4, 0.5) is 0 Å². The lowest BCUT2D eigenvalue weighted by atomic mass is 10.3. The molecule has 2 nitrogen and oxygen atoms in total. The maximum absolute atomic E-state index is 5.04. The van der Waals surface area contributed by atoms with Crippen molar-refractivity contribution in [1.29, 1.82) is 0 Å². The smallest absolute Gasteiger partial charge is 0.0667 e. The van der Waals surface area contributed by atoms with Gasteiger partial charge in [0.05, 0.1) is 6.10 Å². The fourth-order valence-electron chi connectivity index (χ4n) is 0.485. The van der Waals surface area contributed by atoms with Gasteiger partial charge >= 0.3 is 0 Å². The third kappa shape index (κ3) is 5.80. The summed E-state index contributed by atoms with van der Waals surface area (Å²) in [4.78, 5) is 0. The van der Waals surface area contributed by atoms with Crippen LogP contribution in [0.5, 0.6) is 0 Å². The zero-order valence-corrected chi connectivity index (χ0v) is 6.77. The van der Waals surface area contributed by atoms with Crippen molar-refractivity contribution in [3.8, 4) is 0 Å². The van der Waals surface area contributed by atoms with Crippen LogP contribution in [0.2, 0.25) is 0 Å². The molecule has 0 unspecified atom stereocenters. The Kier molecular flexibility index (Phi) is 4.72. The third-order valence-electron chi connectivity index (χ3n) is 1.22. The quantitative estimate of drug-likeness (QED) is 0.615. The molecule has 0 aromatic heterocycles. The molecule has 0 aromatic carbocycles. The van der Waals surface area contributed by atoms with Crippen LogP contribution >= 0.6 is 0 Å². The van der Waals surface area contributed by atoms with Gasteiger partial charge in [-0.25, -0.2) is 0 Å². The Morgan fingerprint density at radius 1 is 1.33 bits per heavy atom. The lowest BCUT2D eigenvalue weighted by Gasteiger charge is -2.12. The maximum atomic E-state index is 5.04. The standard InChI is InChI=1S/C7H17NO/c1-6(2)8-5-7(3)9-4/h6-8H,5H2,1-4H3/t7-/m0/s1. The van der Waals surface area contributed by atoms with Crippen LogP contribution in [0.1, 0.15) is 20.8 Å². The molecule has 1 N–H and O–H groups in total. The lowest BCUT2D eigenvalue weighted by molar-refractivity contribution is 0.115. The van der Waals surface area contributed by atoms with E-state index in [0.29, 0.717) is 12.1 Å². The minimum Gasteiger partial charge on any atom is -0.380 e. The summed E-state index contributed by atoms with van der Waals surface area (Å²) in [5.41, 5.74) is 0. The summed E-state index contributed by atoms with van der Waals surface area (Å²) < 4.78 is 5.04. The van der Waals surface area contributed by atoms with Gasteiger partial charge in [0.1, 0.15) is 0 Å². The summed E-state index contributed by atoms with van der Waals surface area (Å²) in [5.74, 6) is 0. The second kappa shape index (κ2) is 4.77. The van der Waals surface area contributed by atoms with E-state index in [1.54, 1.807) is 7.11 Å². The molecule has 0 heterocycles. The summed E-state index contributed by atoms with van der Waals surface area (Å²) in [6.07, 6.45) is 0.326. The van der Waals surface area contributed by atoms with Crippen molar-refractivity contribution in [1.82, 2.24) is 5.32 Å². The molecule has 0 fully saturated rings. The van der Waals surface area contributed by atoms with Crippen LogP contribution in [0.3, 0.4) is 0 Å². The minimum atomic E-state index is 0.326. The highest BCUT2D eigenvalue weighted by Gasteiger charge is 1.98. The molecule has 0 radical (unpaired) electrons. The Morgan fingerprint density at radius 3 is 2.22 bits per heavy atom. The van der Waals surface area contributed by atoms with Gasteiger partial charge in [0.15, 0.2) is 0 Å². The number of ether oxygens (including phenoxy) is 1. The number of hydrogen-bond donors (Lipinski definition) is 1. The number of methoxy groups -OCH3 is 1. The largest absolute Gasteiger partial charge is 0.380 e. The first-order valence-corrected chi connectivity index (χ1v) is 3.43. The molecule has 0 spiro atoms. The molecule has 0 amide bonds. The van der Waals surface area contributed by atoms with Crippen molar-refractivity contribution < 1.29 is 4.74 Å². The second-order valence-electron chi connectivity index (χ2n) is 2.61. The van der Waals surface area contributed by atoms with Gasteiger partial charge in [0.2, 0.25) is 0 Å². The zero-order chi connectivity index (χ0) is 7.28. The molecule has 0 saturated heterocycles. The second-order valence-corrected chi connectivity index (χ2v) is 2.61. The average Bonchev–Trinajstić information content (AvgIpc) is 1.83. The van der Waals surface area contributed by atoms with Crippen LogP contribution in [0, 0.1) is 0 Å². The van der Waals surface area contributed by atoms with E-state index >= 15 is 0 Å². The monoisotopic (exact) mass is 131 g/mol. The van der Waals surface area contributed by atoms with Crippen LogP contribution in [-0.4, -0.2) is 25.8 Å². The number of hydrogen-bond acceptors (Lipinski definition) is 2. The van der Waals surface area contributed by atoms with Crippen molar-refractivity contribution in [3.63, 3.8) is 0 Å². The molecule has 0 rings (SSSR count). The summed E-state index contributed by atoms with van der Waals surface area (Å²) in [7, 11) is 1.73. The number of rotatable bonds is 4. The fraction of sp³-hybridized carbons (Fsp3) is 1.00. The van der Waals surface area contributed by atoms with Gasteiger partial charge in [0, 0.05) is 19.7 Å². The molecular weight excluding hydrogens is 114 g/mol. The van der Waals surface area contributed by atoms with Gasteiger partial charge in [-0.3, -0.25) is 0 Å². The van der Waals surface area contributed by atoms with Crippen molar-refractivity contribution in [3.05, 3.63) is 0 Å². The Morgan fingerprint density at radius 2 is 1.89 bits per heavy atom. The Balaban J connectivity index is 3.06. The van der Waals surface area contributed by atoms with Gasteiger partial charge in [-0.1, -0.05) is 13.8 Å². The molecule has 0 aliphatic heterocycles. The van der Waals surface area contributed by atoms with Gasteiger partial charge in [0.25, 0.3) is 0 Å². The summed E-state index contributed by atoms with van der Waals surface area (Å²) in [6.45, 7) is 7.24. The molecule has 0 aromatic rings. The van der Waals surface area contributed by atoms with Crippen molar-refractivity contribution in [2.75, 3.05) is 13.7 Å². The van der Waals surface area contributed by atoms with Gasteiger partial charge in [-0.15, -0.1) is 0 Å². The van der Waals surface area contributed by atoms with Crippen LogP contribution in [0.15, 0.2) is 0 Å². The Labute approximate surface area is 57.6 Å². The molecule has 2 heteroatoms. The maximum Gasteiger partial charge on any atom is 0.0667 e. The van der Waals surface area contributed by atoms with Crippen LogP contribution in [0.25, 0.3) is 0 Å². The van der Waals surface area contributed by atoms with E-state index in [1.165, 1.54) is 0 Å². The normalized spacial score (nSPS) is 14.3. The van der Waals surface area contributed by atoms with Crippen LogP contribution in [-0.2, 0) is 4.74 Å². The Hall–Kier alpha value is -0.0800. The molecule has 56 valence electrons. The summed E-state index contributed by atoms with van der Waals surface area (Å²) in [5, 5.41) is 3.27. The van der Waals surface area contributed by atoms with E-state index in [4.69, 9.17) is 4.74 Å². The van der Waals surface area contributed by atoms with Gasteiger partial charge < -0.3 is 10.1 Å². The van der Waals surface area contributed by atoms with Crippen molar-refractivity contribution in [2.45, 2.75) is 32.9 Å². The van der Waals surface area contributed by atoms with E-state index in [2.05, 4.69) is 26.1 Å². The van der Waals surface area contributed by atoms with Gasteiger partial charge in [-0.05, 0) is 6.92 Å². The molecular formula is C7H17NO. The topological polar surface area (TPSA) is 21.3 Å². The summed E-state index contributed by atoms with van der Waals surface area (Å²) in [6, 6.07) is 0.558. The Bertz CT molecular complexity index is 63.9. The first-order valence-electron chi connectivity index (χ1n) is 3.43. The number of nitrogens with one attached hydrogen (secondary N) is 1. The molecule has 1 atom stereocenters. The lowest BCUT2D eigenvalue weighted by Crippen LogP contribution is -2.31. The van der Waals surface area contributed by atoms with Crippen LogP contribution < -0.4 is 5.32 Å². The molecule has 0 aliphatic carbocycles. The van der Waals surface area contributed by atoms with Gasteiger partial charge in [-0.2, -0.15) is 0 Å². The highest BCUT2D eigenvalue weighted by molar-refractivity contribution is 4.57. The summed E-state index contributed by atoms with van der Waals surface area (Å²) >= 11 is 0. The minimum absolute atomic E-state index is 0.326. The molecule has 0 saturated carbocycles. The highest BCUT2D eigenvalue weighted by Crippen LogP contribution is 1.85. The average molecular weight is 131 g/mol. The van der Waals surface area contributed by atoms with E-state index in [-0.39, 0.29) is 0 Å². The predicted molar refractivity (Wildman–Crippen MR) is 39.6 cm³/mol. The van der Waals surface area contributed by atoms with E-state index < -0.39 is 0 Å². The first kappa shape index (κ1) is 8.92. The molecule has 9 heavy (non-hydrogen) atoms. The molecule has 0 bridgehead atoms. The highest BCUT2D eigenvalue weighted by atomic mass is 16.5. The third-order valence-corrected chi connectivity index (χ3v) is 1.22. The van der Waals surface area contributed by atoms with E-state index in [9.17, 15) is 0 Å².